The lowest BCUT2D eigenvalue weighted by Gasteiger charge is -2.20. The van der Waals surface area contributed by atoms with E-state index < -0.39 is 0 Å². The van der Waals surface area contributed by atoms with E-state index in [4.69, 9.17) is 9.47 Å². The minimum atomic E-state index is -0.0100. The minimum Gasteiger partial charge on any atom is -0.493 e. The normalized spacial score (nSPS) is 18.1. The lowest BCUT2D eigenvalue weighted by molar-refractivity contribution is -0.123. The molecule has 136 valence electrons. The Balaban J connectivity index is 2.45. The van der Waals surface area contributed by atoms with Gasteiger partial charge in [-0.3, -0.25) is 14.7 Å². The monoisotopic (exact) mass is 474 g/mol. The molecule has 0 aliphatic carbocycles. The molecule has 1 aromatic rings. The van der Waals surface area contributed by atoms with Crippen LogP contribution in [0.2, 0.25) is 0 Å². The number of methoxy groups -OCH3 is 2. The number of carbonyl (C=O) groups is 1. The zero-order chi connectivity index (χ0) is 18.7. The second-order valence-corrected chi connectivity index (χ2v) is 8.29. The number of hydrogen-bond donors (Lipinski definition) is 0. The molecule has 7 heteroatoms. The van der Waals surface area contributed by atoms with E-state index in [1.165, 1.54) is 11.8 Å². The van der Waals surface area contributed by atoms with E-state index in [-0.39, 0.29) is 18.0 Å². The predicted octanol–water partition coefficient (Wildman–Crippen LogP) is 4.40. The second kappa shape index (κ2) is 8.44. The van der Waals surface area contributed by atoms with Crippen LogP contribution in [-0.2, 0) is 4.79 Å². The third kappa shape index (κ3) is 4.49. The maximum atomic E-state index is 12.8. The number of thioether (sulfide) groups is 1. The summed E-state index contributed by atoms with van der Waals surface area (Å²) in [7, 11) is 3.22. The molecule has 1 aliphatic heterocycles. The molecule has 2 rings (SSSR count). The number of aliphatic imine (C=N–C) groups is 1. The number of benzene rings is 1. The first-order valence-corrected chi connectivity index (χ1v) is 9.90. The Hall–Kier alpha value is -1.22. The Morgan fingerprint density at radius 1 is 1.20 bits per heavy atom. The van der Waals surface area contributed by atoms with Crippen molar-refractivity contribution in [2.45, 2.75) is 39.8 Å². The molecule has 5 nitrogen and oxygen atoms in total. The maximum absolute atomic E-state index is 12.8. The summed E-state index contributed by atoms with van der Waals surface area (Å²) in [5.74, 6) is 1.33. The fourth-order valence-electron chi connectivity index (χ4n) is 2.43. The van der Waals surface area contributed by atoms with Gasteiger partial charge in [0.05, 0.1) is 22.7 Å². The molecule has 1 aromatic carbocycles. The van der Waals surface area contributed by atoms with E-state index in [1.807, 2.05) is 45.9 Å². The first-order valence-electron chi connectivity index (χ1n) is 8.00. The molecule has 0 aromatic heterocycles. The number of rotatable bonds is 5. The summed E-state index contributed by atoms with van der Waals surface area (Å²) < 4.78 is 11.7. The van der Waals surface area contributed by atoms with Crippen molar-refractivity contribution in [1.82, 2.24) is 4.90 Å². The molecule has 0 bridgehead atoms. The molecule has 25 heavy (non-hydrogen) atoms. The van der Waals surface area contributed by atoms with Crippen LogP contribution in [0.3, 0.4) is 0 Å². The number of hydrogen-bond acceptors (Lipinski definition) is 5. The molecule has 1 aliphatic rings. The van der Waals surface area contributed by atoms with E-state index in [0.29, 0.717) is 16.4 Å². The number of ether oxygens (including phenoxy) is 2. The van der Waals surface area contributed by atoms with Crippen molar-refractivity contribution in [3.05, 3.63) is 26.2 Å². The fraction of sp³-hybridized carbons (Fsp3) is 0.444. The van der Waals surface area contributed by atoms with Gasteiger partial charge >= 0.3 is 0 Å². The van der Waals surface area contributed by atoms with Crippen LogP contribution in [0.4, 0.5) is 0 Å². The molecule has 1 fully saturated rings. The topological polar surface area (TPSA) is 51.1 Å². The van der Waals surface area contributed by atoms with Gasteiger partial charge in [0.25, 0.3) is 5.91 Å². The smallest absolute Gasteiger partial charge is 0.266 e. The van der Waals surface area contributed by atoms with Crippen molar-refractivity contribution < 1.29 is 14.3 Å². The SMILES string of the molecule is COc1cc(/C=C2/SC(=NC(C)C)N(C(C)C)C2=O)cc(I)c1OC. The van der Waals surface area contributed by atoms with Gasteiger partial charge < -0.3 is 9.47 Å². The Labute approximate surface area is 167 Å². The van der Waals surface area contributed by atoms with Crippen molar-refractivity contribution in [2.75, 3.05) is 14.2 Å². The highest BCUT2D eigenvalue weighted by molar-refractivity contribution is 14.1. The number of nitrogens with zero attached hydrogens (tertiary/aromatic N) is 2. The maximum Gasteiger partial charge on any atom is 0.266 e. The third-order valence-corrected chi connectivity index (χ3v) is 5.27. The van der Waals surface area contributed by atoms with Gasteiger partial charge in [-0.05, 0) is 85.8 Å². The zero-order valence-electron chi connectivity index (χ0n) is 15.3. The molecule has 0 radical (unpaired) electrons. The standard InChI is InChI=1S/C18H23IN2O3S/c1-10(2)20-18-21(11(3)4)17(22)15(25-18)9-12-7-13(19)16(24-6)14(8-12)23-5/h7-11H,1-6H3/b15-9+,20-18?. The minimum absolute atomic E-state index is 0.0100. The Morgan fingerprint density at radius 2 is 1.88 bits per heavy atom. The molecule has 0 unspecified atom stereocenters. The van der Waals surface area contributed by atoms with Gasteiger partial charge in [-0.25, -0.2) is 0 Å². The summed E-state index contributed by atoms with van der Waals surface area (Å²) in [6, 6.07) is 4.05. The van der Waals surface area contributed by atoms with Crippen LogP contribution in [-0.4, -0.2) is 42.3 Å². The van der Waals surface area contributed by atoms with E-state index in [0.717, 1.165) is 14.3 Å². The highest BCUT2D eigenvalue weighted by Gasteiger charge is 2.35. The van der Waals surface area contributed by atoms with Crippen LogP contribution >= 0.6 is 34.4 Å². The van der Waals surface area contributed by atoms with Gasteiger partial charge in [-0.2, -0.15) is 0 Å². The summed E-state index contributed by atoms with van der Waals surface area (Å²) in [6.07, 6.45) is 1.88. The van der Waals surface area contributed by atoms with Crippen LogP contribution in [0.15, 0.2) is 22.0 Å². The van der Waals surface area contributed by atoms with Crippen LogP contribution in [0.1, 0.15) is 33.3 Å². The number of halogens is 1. The Bertz CT molecular complexity index is 729. The van der Waals surface area contributed by atoms with Gasteiger partial charge in [0.2, 0.25) is 0 Å². The molecular formula is C18H23IN2O3S. The van der Waals surface area contributed by atoms with Gasteiger partial charge in [-0.1, -0.05) is 0 Å². The molecule has 1 amide bonds. The highest BCUT2D eigenvalue weighted by Crippen LogP contribution is 2.37. The number of amides is 1. The molecule has 1 heterocycles. The number of carbonyl (C=O) groups excluding carboxylic acids is 1. The molecule has 0 saturated carbocycles. The quantitative estimate of drug-likeness (QED) is 0.469. The van der Waals surface area contributed by atoms with Crippen LogP contribution in [0.25, 0.3) is 6.08 Å². The molecule has 0 spiro atoms. The summed E-state index contributed by atoms with van der Waals surface area (Å²) in [5.41, 5.74) is 0.896. The Kier molecular flexibility index (Phi) is 6.79. The number of amidine groups is 1. The van der Waals surface area contributed by atoms with Crippen LogP contribution in [0.5, 0.6) is 11.5 Å². The van der Waals surface area contributed by atoms with E-state index >= 15 is 0 Å². The molecule has 0 N–H and O–H groups in total. The molecule has 0 atom stereocenters. The van der Waals surface area contributed by atoms with Gasteiger partial charge in [0, 0.05) is 12.1 Å². The lowest BCUT2D eigenvalue weighted by Crippen LogP contribution is -2.35. The summed E-state index contributed by atoms with van der Waals surface area (Å²) >= 11 is 3.62. The van der Waals surface area contributed by atoms with Crippen molar-refractivity contribution in [3.8, 4) is 11.5 Å². The van der Waals surface area contributed by atoms with Gasteiger partial charge in [-0.15, -0.1) is 0 Å². The molecular weight excluding hydrogens is 451 g/mol. The van der Waals surface area contributed by atoms with Crippen molar-refractivity contribution >= 4 is 51.5 Å². The first kappa shape index (κ1) is 20.1. The van der Waals surface area contributed by atoms with Crippen LogP contribution < -0.4 is 9.47 Å². The molecule has 1 saturated heterocycles. The first-order chi connectivity index (χ1) is 11.8. The predicted molar refractivity (Wildman–Crippen MR) is 112 cm³/mol. The lowest BCUT2D eigenvalue weighted by atomic mass is 10.2. The summed E-state index contributed by atoms with van der Waals surface area (Å²) in [5, 5.41) is 0.761. The van der Waals surface area contributed by atoms with E-state index in [2.05, 4.69) is 27.6 Å². The fourth-order valence-corrected chi connectivity index (χ4v) is 4.50. The van der Waals surface area contributed by atoms with Gasteiger partial charge in [0.1, 0.15) is 0 Å². The van der Waals surface area contributed by atoms with E-state index in [9.17, 15) is 4.79 Å². The van der Waals surface area contributed by atoms with Crippen molar-refractivity contribution in [3.63, 3.8) is 0 Å². The van der Waals surface area contributed by atoms with Crippen LogP contribution in [0, 0.1) is 3.57 Å². The summed E-state index contributed by atoms with van der Waals surface area (Å²) in [6.45, 7) is 8.01. The van der Waals surface area contributed by atoms with Crippen molar-refractivity contribution in [1.29, 1.82) is 0 Å². The Morgan fingerprint density at radius 3 is 2.40 bits per heavy atom. The average molecular weight is 474 g/mol. The van der Waals surface area contributed by atoms with Crippen molar-refractivity contribution in [2.24, 2.45) is 4.99 Å². The largest absolute Gasteiger partial charge is 0.493 e. The van der Waals surface area contributed by atoms with E-state index in [1.54, 1.807) is 19.1 Å². The zero-order valence-corrected chi connectivity index (χ0v) is 18.3. The van der Waals surface area contributed by atoms with Gasteiger partial charge in [0.15, 0.2) is 16.7 Å². The average Bonchev–Trinajstić information content (AvgIpc) is 2.81. The third-order valence-electron chi connectivity index (χ3n) is 3.48. The highest BCUT2D eigenvalue weighted by atomic mass is 127. The summed E-state index contributed by atoms with van der Waals surface area (Å²) in [4.78, 5) is 19.8. The second-order valence-electron chi connectivity index (χ2n) is 6.12.